The molecule has 2 heterocycles. The third-order valence-electron chi connectivity index (χ3n) is 4.31. The van der Waals surface area contributed by atoms with Crippen molar-refractivity contribution in [3.05, 3.63) is 63.7 Å². The highest BCUT2D eigenvalue weighted by Crippen LogP contribution is 2.24. The van der Waals surface area contributed by atoms with Crippen molar-refractivity contribution in [3.8, 4) is 0 Å². The quantitative estimate of drug-likeness (QED) is 0.423. The fourth-order valence-corrected chi connectivity index (χ4v) is 3.38. The van der Waals surface area contributed by atoms with E-state index >= 15 is 0 Å². The molecule has 6 nitrogen and oxygen atoms in total. The number of nitrogens with one attached hydrogen (secondary N) is 2. The van der Waals surface area contributed by atoms with Crippen molar-refractivity contribution in [1.29, 1.82) is 0 Å². The Kier molecular flexibility index (Phi) is 6.93. The standard InChI is InChI=1S/C19H22Cl2N6S/c1-13-6-3-4-7-15(13)11-26-12-16(10-23-26)24-19(28)22-8-5-9-27-18(21)17(20)14(2)25-27/h3-4,6-7,10,12H,5,8-9,11H2,1-2H3,(H2,22,24,28). The molecule has 0 aliphatic rings. The van der Waals surface area contributed by atoms with Gasteiger partial charge in [0.05, 0.1) is 24.1 Å². The van der Waals surface area contributed by atoms with Gasteiger partial charge in [-0.2, -0.15) is 10.2 Å². The molecule has 0 fully saturated rings. The highest BCUT2D eigenvalue weighted by Gasteiger charge is 2.10. The fraction of sp³-hybridized carbons (Fsp3) is 0.316. The molecule has 9 heteroatoms. The zero-order valence-corrected chi connectivity index (χ0v) is 18.1. The molecule has 2 N–H and O–H groups in total. The van der Waals surface area contributed by atoms with Crippen molar-refractivity contribution in [2.24, 2.45) is 0 Å². The van der Waals surface area contributed by atoms with Crippen LogP contribution in [0.1, 0.15) is 23.2 Å². The largest absolute Gasteiger partial charge is 0.362 e. The summed E-state index contributed by atoms with van der Waals surface area (Å²) in [5, 5.41) is 16.6. The maximum absolute atomic E-state index is 6.13. The summed E-state index contributed by atoms with van der Waals surface area (Å²) in [6.45, 7) is 6.01. The van der Waals surface area contributed by atoms with Crippen LogP contribution in [0, 0.1) is 13.8 Å². The molecule has 0 atom stereocenters. The minimum Gasteiger partial charge on any atom is -0.362 e. The van der Waals surface area contributed by atoms with Crippen molar-refractivity contribution in [2.45, 2.75) is 33.4 Å². The monoisotopic (exact) mass is 436 g/mol. The lowest BCUT2D eigenvalue weighted by Gasteiger charge is -2.09. The Morgan fingerprint density at radius 2 is 2.00 bits per heavy atom. The van der Waals surface area contributed by atoms with Gasteiger partial charge in [0.15, 0.2) is 5.11 Å². The number of anilines is 1. The number of rotatable bonds is 7. The zero-order valence-electron chi connectivity index (χ0n) is 15.7. The molecule has 0 saturated carbocycles. The maximum Gasteiger partial charge on any atom is 0.170 e. The van der Waals surface area contributed by atoms with Crippen LogP contribution >= 0.6 is 35.4 Å². The molecular weight excluding hydrogens is 415 g/mol. The topological polar surface area (TPSA) is 59.7 Å². The van der Waals surface area contributed by atoms with E-state index in [1.807, 2.05) is 29.9 Å². The average molecular weight is 437 g/mol. The van der Waals surface area contributed by atoms with E-state index in [9.17, 15) is 0 Å². The van der Waals surface area contributed by atoms with Gasteiger partial charge < -0.3 is 10.6 Å². The summed E-state index contributed by atoms with van der Waals surface area (Å²) in [5.41, 5.74) is 4.08. The summed E-state index contributed by atoms with van der Waals surface area (Å²) in [6, 6.07) is 8.28. The fourth-order valence-electron chi connectivity index (χ4n) is 2.76. The molecule has 3 rings (SSSR count). The van der Waals surface area contributed by atoms with Crippen LogP contribution in [0.2, 0.25) is 10.2 Å². The second-order valence-electron chi connectivity index (χ2n) is 6.50. The van der Waals surface area contributed by atoms with Crippen molar-refractivity contribution in [3.63, 3.8) is 0 Å². The van der Waals surface area contributed by atoms with Gasteiger partial charge in [-0.3, -0.25) is 9.36 Å². The molecule has 0 saturated heterocycles. The van der Waals surface area contributed by atoms with Crippen LogP contribution in [0.4, 0.5) is 5.69 Å². The van der Waals surface area contributed by atoms with E-state index in [4.69, 9.17) is 35.4 Å². The van der Waals surface area contributed by atoms with Gasteiger partial charge in [-0.05, 0) is 43.6 Å². The molecule has 0 unspecified atom stereocenters. The normalized spacial score (nSPS) is 10.9. The van der Waals surface area contributed by atoms with Gasteiger partial charge in [0.2, 0.25) is 0 Å². The first-order chi connectivity index (χ1) is 13.4. The van der Waals surface area contributed by atoms with Crippen LogP contribution in [0.25, 0.3) is 0 Å². The first kappa shape index (κ1) is 20.6. The van der Waals surface area contributed by atoms with E-state index in [2.05, 4.69) is 39.9 Å². The van der Waals surface area contributed by atoms with Crippen molar-refractivity contribution < 1.29 is 0 Å². The molecule has 2 aromatic heterocycles. The van der Waals surface area contributed by atoms with Crippen molar-refractivity contribution in [2.75, 3.05) is 11.9 Å². The van der Waals surface area contributed by atoms with Crippen molar-refractivity contribution in [1.82, 2.24) is 24.9 Å². The summed E-state index contributed by atoms with van der Waals surface area (Å²) in [7, 11) is 0. The van der Waals surface area contributed by atoms with Gasteiger partial charge in [-0.15, -0.1) is 0 Å². The minimum absolute atomic E-state index is 0.473. The summed E-state index contributed by atoms with van der Waals surface area (Å²) >= 11 is 17.5. The number of benzene rings is 1. The third kappa shape index (κ3) is 5.25. The summed E-state index contributed by atoms with van der Waals surface area (Å²) in [4.78, 5) is 0. The third-order valence-corrected chi connectivity index (χ3v) is 5.49. The number of thiocarbonyl (C=S) groups is 1. The van der Waals surface area contributed by atoms with Crippen LogP contribution in [0.3, 0.4) is 0 Å². The molecule has 148 valence electrons. The first-order valence-electron chi connectivity index (χ1n) is 8.94. The predicted molar refractivity (Wildman–Crippen MR) is 118 cm³/mol. The highest BCUT2D eigenvalue weighted by atomic mass is 35.5. The lowest BCUT2D eigenvalue weighted by molar-refractivity contribution is 0.571. The van der Waals surface area contributed by atoms with E-state index in [1.165, 1.54) is 11.1 Å². The minimum atomic E-state index is 0.473. The Balaban J connectivity index is 1.43. The number of halogens is 2. The van der Waals surface area contributed by atoms with Gasteiger partial charge in [-0.1, -0.05) is 47.5 Å². The van der Waals surface area contributed by atoms with Gasteiger partial charge in [0.1, 0.15) is 10.2 Å². The Morgan fingerprint density at radius 1 is 1.21 bits per heavy atom. The van der Waals surface area contributed by atoms with E-state index in [1.54, 1.807) is 10.9 Å². The number of aromatic nitrogens is 4. The summed E-state index contributed by atoms with van der Waals surface area (Å²) < 4.78 is 3.59. The van der Waals surface area contributed by atoms with Gasteiger partial charge in [0, 0.05) is 19.3 Å². The van der Waals surface area contributed by atoms with Gasteiger partial charge in [-0.25, -0.2) is 0 Å². The van der Waals surface area contributed by atoms with E-state index < -0.39 is 0 Å². The molecule has 0 radical (unpaired) electrons. The van der Waals surface area contributed by atoms with Gasteiger partial charge in [0.25, 0.3) is 0 Å². The lowest BCUT2D eigenvalue weighted by atomic mass is 10.1. The van der Waals surface area contributed by atoms with Crippen LogP contribution in [-0.2, 0) is 13.1 Å². The number of nitrogens with zero attached hydrogens (tertiary/aromatic N) is 4. The Hall–Kier alpha value is -2.09. The molecule has 0 aliphatic carbocycles. The van der Waals surface area contributed by atoms with Crippen LogP contribution < -0.4 is 10.6 Å². The van der Waals surface area contributed by atoms with Crippen molar-refractivity contribution >= 4 is 46.2 Å². The number of hydrogen-bond donors (Lipinski definition) is 2. The molecule has 0 bridgehead atoms. The van der Waals surface area contributed by atoms with E-state index in [0.717, 1.165) is 24.3 Å². The Labute approximate surface area is 179 Å². The Bertz CT molecular complexity index is 965. The molecular formula is C19H22Cl2N6S. The molecule has 0 amide bonds. The smallest absolute Gasteiger partial charge is 0.170 e. The molecule has 0 aliphatic heterocycles. The zero-order chi connectivity index (χ0) is 20.1. The first-order valence-corrected chi connectivity index (χ1v) is 10.1. The second-order valence-corrected chi connectivity index (χ2v) is 7.65. The van der Waals surface area contributed by atoms with E-state index in [0.29, 0.717) is 28.4 Å². The van der Waals surface area contributed by atoms with Crippen LogP contribution in [0.5, 0.6) is 0 Å². The average Bonchev–Trinajstić information content (AvgIpc) is 3.20. The summed E-state index contributed by atoms with van der Waals surface area (Å²) in [5.74, 6) is 0. The summed E-state index contributed by atoms with van der Waals surface area (Å²) in [6.07, 6.45) is 4.51. The van der Waals surface area contributed by atoms with Crippen LogP contribution in [0.15, 0.2) is 36.7 Å². The van der Waals surface area contributed by atoms with Gasteiger partial charge >= 0.3 is 0 Å². The van der Waals surface area contributed by atoms with E-state index in [-0.39, 0.29) is 0 Å². The molecule has 1 aromatic carbocycles. The maximum atomic E-state index is 6.13. The number of hydrogen-bond acceptors (Lipinski definition) is 3. The lowest BCUT2D eigenvalue weighted by Crippen LogP contribution is -2.29. The Morgan fingerprint density at radius 3 is 2.71 bits per heavy atom. The second kappa shape index (κ2) is 9.41. The molecule has 0 spiro atoms. The molecule has 3 aromatic rings. The highest BCUT2D eigenvalue weighted by molar-refractivity contribution is 7.80. The molecule has 28 heavy (non-hydrogen) atoms. The number of aryl methyl sites for hydroxylation is 3. The predicted octanol–water partition coefficient (Wildman–Crippen LogP) is 4.43. The SMILES string of the molecule is Cc1ccccc1Cn1cc(NC(=S)NCCCn2nc(C)c(Cl)c2Cl)cn1. The van der Waals surface area contributed by atoms with Crippen LogP contribution in [-0.4, -0.2) is 31.2 Å².